The first-order chi connectivity index (χ1) is 8.21. The lowest BCUT2D eigenvalue weighted by molar-refractivity contribution is 0.285. The second-order valence-electron chi connectivity index (χ2n) is 4.75. The minimum absolute atomic E-state index is 0.0628. The third kappa shape index (κ3) is 2.25. The molecule has 1 nitrogen and oxygen atoms in total. The Balaban J connectivity index is 1.87. The Labute approximate surface area is 119 Å². The summed E-state index contributed by atoms with van der Waals surface area (Å²) in [5.74, 6) is 0.454. The summed E-state index contributed by atoms with van der Waals surface area (Å²) in [5, 5.41) is 0. The van der Waals surface area contributed by atoms with E-state index in [1.165, 1.54) is 10.1 Å². The molecule has 0 aromatic carbocycles. The molecule has 3 aliphatic rings. The highest BCUT2D eigenvalue weighted by atomic mass is 79.9. The van der Waals surface area contributed by atoms with Crippen molar-refractivity contribution in [1.82, 2.24) is 0 Å². The molecule has 0 amide bonds. The number of ether oxygens (including phenoxy) is 1. The van der Waals surface area contributed by atoms with Crippen LogP contribution in [0.5, 0.6) is 0 Å². The van der Waals surface area contributed by atoms with E-state index in [1.54, 1.807) is 0 Å². The summed E-state index contributed by atoms with van der Waals surface area (Å²) >= 11 is 7.22. The summed E-state index contributed by atoms with van der Waals surface area (Å²) < 4.78 is 7.00. The van der Waals surface area contributed by atoms with Gasteiger partial charge in [-0.05, 0) is 18.4 Å². The van der Waals surface area contributed by atoms with Crippen molar-refractivity contribution in [1.29, 1.82) is 0 Å². The van der Waals surface area contributed by atoms with Crippen LogP contribution in [0.15, 0.2) is 46.5 Å². The molecule has 1 aliphatic heterocycles. The molecule has 3 rings (SSSR count). The number of halogens is 2. The van der Waals surface area contributed by atoms with Crippen LogP contribution >= 0.6 is 31.9 Å². The van der Waals surface area contributed by atoms with Crippen molar-refractivity contribution in [2.45, 2.75) is 23.3 Å². The van der Waals surface area contributed by atoms with Gasteiger partial charge in [0.2, 0.25) is 0 Å². The molecule has 0 spiro atoms. The van der Waals surface area contributed by atoms with Crippen molar-refractivity contribution < 1.29 is 4.74 Å². The van der Waals surface area contributed by atoms with E-state index in [9.17, 15) is 0 Å². The zero-order chi connectivity index (χ0) is 11.9. The fourth-order valence-electron chi connectivity index (χ4n) is 2.57. The fraction of sp³-hybridized carbons (Fsp3) is 0.429. The topological polar surface area (TPSA) is 12.5 Å². The molecule has 3 atom stereocenters. The van der Waals surface area contributed by atoms with Gasteiger partial charge in [-0.15, -0.1) is 0 Å². The molecule has 3 unspecified atom stereocenters. The number of alkyl halides is 1. The van der Waals surface area contributed by atoms with Crippen LogP contribution in [0.2, 0.25) is 0 Å². The van der Waals surface area contributed by atoms with Crippen LogP contribution in [0.3, 0.4) is 0 Å². The van der Waals surface area contributed by atoms with Gasteiger partial charge in [-0.25, -0.2) is 0 Å². The number of allylic oxidation sites excluding steroid dienone is 5. The predicted octanol–water partition coefficient (Wildman–Crippen LogP) is 4.26. The maximum Gasteiger partial charge on any atom is 0.123 e. The lowest BCUT2D eigenvalue weighted by Crippen LogP contribution is -2.27. The molecule has 3 heteroatoms. The van der Waals surface area contributed by atoms with Crippen LogP contribution in [0.25, 0.3) is 0 Å². The van der Waals surface area contributed by atoms with Crippen molar-refractivity contribution >= 4 is 31.9 Å². The molecule has 90 valence electrons. The number of rotatable bonds is 2. The molecular weight excluding hydrogens is 344 g/mol. The van der Waals surface area contributed by atoms with Crippen LogP contribution in [0.1, 0.15) is 12.8 Å². The minimum Gasteiger partial charge on any atom is -0.364 e. The first-order valence-corrected chi connectivity index (χ1v) is 7.62. The summed E-state index contributed by atoms with van der Waals surface area (Å²) in [6.45, 7) is 0.845. The van der Waals surface area contributed by atoms with E-state index >= 15 is 0 Å². The summed E-state index contributed by atoms with van der Waals surface area (Å²) in [5.41, 5.74) is 1.27. The summed E-state index contributed by atoms with van der Waals surface area (Å²) in [7, 11) is 0. The lowest BCUT2D eigenvalue weighted by Gasteiger charge is -2.25. The third-order valence-corrected chi connectivity index (χ3v) is 4.76. The van der Waals surface area contributed by atoms with E-state index in [1.807, 2.05) is 0 Å². The Kier molecular flexibility index (Phi) is 3.18. The van der Waals surface area contributed by atoms with Gasteiger partial charge >= 0.3 is 0 Å². The molecule has 1 heterocycles. The molecule has 0 aromatic rings. The summed E-state index contributed by atoms with van der Waals surface area (Å²) in [6.07, 6.45) is 15.5. The van der Waals surface area contributed by atoms with E-state index in [4.69, 9.17) is 4.74 Å². The van der Waals surface area contributed by atoms with Gasteiger partial charge < -0.3 is 4.74 Å². The smallest absolute Gasteiger partial charge is 0.123 e. The third-order valence-electron chi connectivity index (χ3n) is 3.59. The maximum atomic E-state index is 5.83. The highest BCUT2D eigenvalue weighted by Crippen LogP contribution is 2.48. The Morgan fingerprint density at radius 1 is 1.18 bits per heavy atom. The zero-order valence-electron chi connectivity index (χ0n) is 9.40. The van der Waals surface area contributed by atoms with Crippen molar-refractivity contribution in [2.75, 3.05) is 6.61 Å². The number of hydrogen-bond acceptors (Lipinski definition) is 1. The van der Waals surface area contributed by atoms with E-state index in [0.717, 1.165) is 19.4 Å². The van der Waals surface area contributed by atoms with Crippen LogP contribution in [-0.4, -0.2) is 17.0 Å². The summed E-state index contributed by atoms with van der Waals surface area (Å²) in [6, 6.07) is 0. The predicted molar refractivity (Wildman–Crippen MR) is 77.5 cm³/mol. The zero-order valence-corrected chi connectivity index (χ0v) is 12.6. The first kappa shape index (κ1) is 11.9. The molecule has 1 saturated heterocycles. The Bertz CT molecular complexity index is 441. The monoisotopic (exact) mass is 356 g/mol. The second kappa shape index (κ2) is 4.52. The van der Waals surface area contributed by atoms with Gasteiger partial charge in [0, 0.05) is 15.2 Å². The summed E-state index contributed by atoms with van der Waals surface area (Å²) in [4.78, 5) is 0.454. The van der Waals surface area contributed by atoms with E-state index in [2.05, 4.69) is 68.3 Å². The van der Waals surface area contributed by atoms with Crippen LogP contribution in [-0.2, 0) is 4.74 Å². The molecule has 0 aromatic heterocycles. The standard InChI is InChI=1S/C14H14Br2O/c15-12-5-1-3-10(7-12)14(9-17-14)11-4-2-6-13(16)8-11/h1-3,6-8,11-12H,4-5,9H2. The maximum absolute atomic E-state index is 5.83. The van der Waals surface area contributed by atoms with Gasteiger partial charge in [0.15, 0.2) is 0 Å². The Morgan fingerprint density at radius 2 is 1.94 bits per heavy atom. The highest BCUT2D eigenvalue weighted by Gasteiger charge is 2.53. The van der Waals surface area contributed by atoms with Crippen molar-refractivity contribution in [3.05, 3.63) is 46.5 Å². The molecule has 17 heavy (non-hydrogen) atoms. The van der Waals surface area contributed by atoms with Gasteiger partial charge in [-0.1, -0.05) is 68.3 Å². The average Bonchev–Trinajstić information content (AvgIpc) is 3.10. The lowest BCUT2D eigenvalue weighted by atomic mass is 9.80. The van der Waals surface area contributed by atoms with Gasteiger partial charge in [0.05, 0.1) is 6.61 Å². The quantitative estimate of drug-likeness (QED) is 0.531. The minimum atomic E-state index is -0.0628. The van der Waals surface area contributed by atoms with Gasteiger partial charge in [0.25, 0.3) is 0 Å². The Hall–Kier alpha value is -0.120. The van der Waals surface area contributed by atoms with Crippen LogP contribution < -0.4 is 0 Å². The number of epoxide rings is 1. The van der Waals surface area contributed by atoms with Crippen molar-refractivity contribution in [3.63, 3.8) is 0 Å². The fourth-order valence-corrected chi connectivity index (χ4v) is 3.57. The molecule has 1 fully saturated rings. The second-order valence-corrected chi connectivity index (χ2v) is 6.84. The SMILES string of the molecule is BrC1=CC(C2(C3=CC(Br)CC=C3)CO2)CC=C1. The molecule has 2 aliphatic carbocycles. The highest BCUT2D eigenvalue weighted by molar-refractivity contribution is 9.11. The van der Waals surface area contributed by atoms with Gasteiger partial charge in [0.1, 0.15) is 5.60 Å². The van der Waals surface area contributed by atoms with E-state index in [0.29, 0.717) is 10.7 Å². The van der Waals surface area contributed by atoms with Crippen LogP contribution in [0.4, 0.5) is 0 Å². The molecule has 0 bridgehead atoms. The Morgan fingerprint density at radius 3 is 2.59 bits per heavy atom. The average molecular weight is 358 g/mol. The molecule has 0 saturated carbocycles. The molecular formula is C14H14Br2O. The number of hydrogen-bond donors (Lipinski definition) is 0. The van der Waals surface area contributed by atoms with Crippen LogP contribution in [0, 0.1) is 5.92 Å². The largest absolute Gasteiger partial charge is 0.364 e. The van der Waals surface area contributed by atoms with Gasteiger partial charge in [-0.2, -0.15) is 0 Å². The van der Waals surface area contributed by atoms with Crippen molar-refractivity contribution in [3.8, 4) is 0 Å². The molecule has 0 radical (unpaired) electrons. The first-order valence-electron chi connectivity index (χ1n) is 5.91. The van der Waals surface area contributed by atoms with E-state index < -0.39 is 0 Å². The normalized spacial score (nSPS) is 39.9. The molecule has 0 N–H and O–H groups in total. The van der Waals surface area contributed by atoms with E-state index in [-0.39, 0.29) is 5.60 Å². The van der Waals surface area contributed by atoms with Crippen molar-refractivity contribution in [2.24, 2.45) is 5.92 Å². The van der Waals surface area contributed by atoms with Gasteiger partial charge in [-0.3, -0.25) is 0 Å².